The smallest absolute Gasteiger partial charge is 0.240 e. The zero-order chi connectivity index (χ0) is 20.9. The Labute approximate surface area is 167 Å². The number of carbonyl (C=O) groups is 1. The van der Waals surface area contributed by atoms with E-state index in [2.05, 4.69) is 14.6 Å². The molecule has 0 fully saturated rings. The molecule has 1 amide bonds. The minimum Gasteiger partial charge on any atom is -0.356 e. The van der Waals surface area contributed by atoms with Crippen molar-refractivity contribution in [2.75, 3.05) is 13.1 Å². The molecule has 0 unspecified atom stereocenters. The molecule has 0 aliphatic carbocycles. The van der Waals surface area contributed by atoms with Gasteiger partial charge in [-0.2, -0.15) is 0 Å². The first-order valence-electron chi connectivity index (χ1n) is 9.12. The Morgan fingerprint density at radius 2 is 1.79 bits per heavy atom. The van der Waals surface area contributed by atoms with Crippen LogP contribution in [0.2, 0.25) is 0 Å². The van der Waals surface area contributed by atoms with E-state index in [0.717, 1.165) is 36.0 Å². The molecular formula is C20H21F2N3O3S. The number of nitrogens with one attached hydrogen (secondary N) is 2. The van der Waals surface area contributed by atoms with Crippen molar-refractivity contribution >= 4 is 26.8 Å². The van der Waals surface area contributed by atoms with E-state index in [0.29, 0.717) is 12.6 Å². The van der Waals surface area contributed by atoms with Crippen molar-refractivity contribution in [2.24, 2.45) is 0 Å². The average Bonchev–Trinajstić information content (AvgIpc) is 3.10. The lowest BCUT2D eigenvalue weighted by atomic mass is 10.2. The topological polar surface area (TPSA) is 80.2 Å². The van der Waals surface area contributed by atoms with Crippen molar-refractivity contribution in [3.63, 3.8) is 0 Å². The molecule has 0 bridgehead atoms. The van der Waals surface area contributed by atoms with E-state index in [1.54, 1.807) is 0 Å². The number of amides is 1. The predicted molar refractivity (Wildman–Crippen MR) is 106 cm³/mol. The summed E-state index contributed by atoms with van der Waals surface area (Å²) in [5, 5.41) is 3.90. The van der Waals surface area contributed by atoms with Crippen LogP contribution >= 0.6 is 0 Å². The van der Waals surface area contributed by atoms with Crippen LogP contribution in [0, 0.1) is 11.6 Å². The molecule has 0 aliphatic rings. The highest BCUT2D eigenvalue weighted by Gasteiger charge is 2.16. The van der Waals surface area contributed by atoms with E-state index in [1.807, 2.05) is 36.5 Å². The molecule has 29 heavy (non-hydrogen) atoms. The number of nitrogens with zero attached hydrogens (tertiary/aromatic N) is 1. The monoisotopic (exact) mass is 421 g/mol. The second-order valence-corrected chi connectivity index (χ2v) is 8.26. The summed E-state index contributed by atoms with van der Waals surface area (Å²) in [6.07, 6.45) is 2.67. The molecule has 6 nitrogen and oxygen atoms in total. The standard InChI is InChI=1S/C20H21F2N3O3S/c21-17-7-6-16(14-18(17)22)29(27,28)24-11-8-20(26)23-10-3-12-25-13-9-15-4-1-2-5-19(15)25/h1-2,4-7,9,13-14,24H,3,8,10-12H2,(H,23,26). The first-order chi connectivity index (χ1) is 13.9. The van der Waals surface area contributed by atoms with Gasteiger partial charge in [-0.3, -0.25) is 4.79 Å². The van der Waals surface area contributed by atoms with Gasteiger partial charge in [-0.1, -0.05) is 18.2 Å². The molecule has 2 aromatic carbocycles. The summed E-state index contributed by atoms with van der Waals surface area (Å²) in [4.78, 5) is 11.5. The Balaban J connectivity index is 1.39. The van der Waals surface area contributed by atoms with Crippen LogP contribution in [0.25, 0.3) is 10.9 Å². The van der Waals surface area contributed by atoms with Crippen LogP contribution in [-0.2, 0) is 21.4 Å². The van der Waals surface area contributed by atoms with Crippen LogP contribution in [-0.4, -0.2) is 32.0 Å². The minimum absolute atomic E-state index is 0.0602. The van der Waals surface area contributed by atoms with Gasteiger partial charge < -0.3 is 9.88 Å². The molecule has 9 heteroatoms. The van der Waals surface area contributed by atoms with Crippen LogP contribution in [0.4, 0.5) is 8.78 Å². The molecule has 1 heterocycles. The van der Waals surface area contributed by atoms with Gasteiger partial charge in [0.1, 0.15) is 0 Å². The molecule has 3 aromatic rings. The van der Waals surface area contributed by atoms with Gasteiger partial charge in [0.2, 0.25) is 15.9 Å². The SMILES string of the molecule is O=C(CCNS(=O)(=O)c1ccc(F)c(F)c1)NCCCn1ccc2ccccc21. The van der Waals surface area contributed by atoms with Crippen molar-refractivity contribution in [1.82, 2.24) is 14.6 Å². The van der Waals surface area contributed by atoms with Gasteiger partial charge in [0.15, 0.2) is 11.6 Å². The number of halogens is 2. The van der Waals surface area contributed by atoms with Crippen molar-refractivity contribution in [3.8, 4) is 0 Å². The van der Waals surface area contributed by atoms with Crippen molar-refractivity contribution in [2.45, 2.75) is 24.3 Å². The molecule has 0 saturated heterocycles. The summed E-state index contributed by atoms with van der Waals surface area (Å²) in [7, 11) is -4.01. The number of fused-ring (bicyclic) bond motifs is 1. The Kier molecular flexibility index (Phi) is 6.60. The Bertz CT molecular complexity index is 1110. The van der Waals surface area contributed by atoms with Gasteiger partial charge >= 0.3 is 0 Å². The fourth-order valence-corrected chi connectivity index (χ4v) is 3.97. The van der Waals surface area contributed by atoms with Gasteiger partial charge in [0.25, 0.3) is 0 Å². The highest BCUT2D eigenvalue weighted by molar-refractivity contribution is 7.89. The maximum absolute atomic E-state index is 13.2. The fourth-order valence-electron chi connectivity index (χ4n) is 2.93. The number of para-hydroxylation sites is 1. The number of hydrogen-bond acceptors (Lipinski definition) is 3. The molecule has 0 atom stereocenters. The summed E-state index contributed by atoms with van der Waals surface area (Å²) in [5.41, 5.74) is 1.13. The van der Waals surface area contributed by atoms with E-state index in [1.165, 1.54) is 0 Å². The van der Waals surface area contributed by atoms with Gasteiger partial charge in [-0.15, -0.1) is 0 Å². The first kappa shape index (κ1) is 20.9. The lowest BCUT2D eigenvalue weighted by Crippen LogP contribution is -2.31. The zero-order valence-electron chi connectivity index (χ0n) is 15.6. The van der Waals surface area contributed by atoms with E-state index in [4.69, 9.17) is 0 Å². The lowest BCUT2D eigenvalue weighted by Gasteiger charge is -2.09. The number of hydrogen-bond donors (Lipinski definition) is 2. The normalized spacial score (nSPS) is 11.7. The fraction of sp³-hybridized carbons (Fsp3) is 0.250. The number of aromatic nitrogens is 1. The third kappa shape index (κ3) is 5.39. The Morgan fingerprint density at radius 3 is 2.59 bits per heavy atom. The first-order valence-corrected chi connectivity index (χ1v) is 10.6. The van der Waals surface area contributed by atoms with Gasteiger partial charge in [0.05, 0.1) is 4.90 Å². The van der Waals surface area contributed by atoms with E-state index in [9.17, 15) is 22.0 Å². The molecule has 0 radical (unpaired) electrons. The minimum atomic E-state index is -4.01. The van der Waals surface area contributed by atoms with E-state index in [-0.39, 0.29) is 18.9 Å². The molecule has 0 aliphatic heterocycles. The Hall–Kier alpha value is -2.78. The van der Waals surface area contributed by atoms with Gasteiger partial charge in [0, 0.05) is 37.8 Å². The van der Waals surface area contributed by atoms with Gasteiger partial charge in [-0.05, 0) is 42.1 Å². The van der Waals surface area contributed by atoms with E-state index < -0.39 is 26.6 Å². The number of aryl methyl sites for hydroxylation is 1. The van der Waals surface area contributed by atoms with Crippen LogP contribution in [0.3, 0.4) is 0 Å². The highest BCUT2D eigenvalue weighted by Crippen LogP contribution is 2.15. The molecule has 154 valence electrons. The quantitative estimate of drug-likeness (QED) is 0.522. The van der Waals surface area contributed by atoms with Crippen molar-refractivity contribution < 1.29 is 22.0 Å². The maximum Gasteiger partial charge on any atom is 0.240 e. The zero-order valence-corrected chi connectivity index (χ0v) is 16.4. The van der Waals surface area contributed by atoms with Crippen molar-refractivity contribution in [3.05, 3.63) is 66.4 Å². The third-order valence-electron chi connectivity index (χ3n) is 4.42. The second kappa shape index (κ2) is 9.15. The predicted octanol–water partition coefficient (Wildman–Crippen LogP) is 2.79. The summed E-state index contributed by atoms with van der Waals surface area (Å²) in [5.74, 6) is -2.67. The van der Waals surface area contributed by atoms with E-state index >= 15 is 0 Å². The van der Waals surface area contributed by atoms with Crippen molar-refractivity contribution in [1.29, 1.82) is 0 Å². The van der Waals surface area contributed by atoms with Crippen LogP contribution in [0.15, 0.2) is 59.6 Å². The second-order valence-electron chi connectivity index (χ2n) is 6.50. The highest BCUT2D eigenvalue weighted by atomic mass is 32.2. The lowest BCUT2D eigenvalue weighted by molar-refractivity contribution is -0.120. The summed E-state index contributed by atoms with van der Waals surface area (Å²) >= 11 is 0. The van der Waals surface area contributed by atoms with Crippen LogP contribution in [0.5, 0.6) is 0 Å². The summed E-state index contributed by atoms with van der Waals surface area (Å²) < 4.78 is 54.5. The molecule has 0 spiro atoms. The number of carbonyl (C=O) groups excluding carboxylic acids is 1. The molecule has 2 N–H and O–H groups in total. The number of rotatable bonds is 9. The maximum atomic E-state index is 13.2. The average molecular weight is 421 g/mol. The summed E-state index contributed by atoms with van der Waals surface area (Å²) in [6, 6.07) is 12.4. The number of sulfonamides is 1. The van der Waals surface area contributed by atoms with Crippen LogP contribution in [0.1, 0.15) is 12.8 Å². The Morgan fingerprint density at radius 1 is 1.00 bits per heavy atom. The number of benzene rings is 2. The molecule has 3 rings (SSSR count). The third-order valence-corrected chi connectivity index (χ3v) is 5.88. The van der Waals surface area contributed by atoms with Gasteiger partial charge in [-0.25, -0.2) is 21.9 Å². The molecule has 0 saturated carbocycles. The summed E-state index contributed by atoms with van der Waals surface area (Å²) in [6.45, 7) is 1.06. The van der Waals surface area contributed by atoms with Crippen LogP contribution < -0.4 is 10.0 Å². The molecular weight excluding hydrogens is 400 g/mol. The largest absolute Gasteiger partial charge is 0.356 e. The molecule has 1 aromatic heterocycles.